The molecule has 158 valence electrons. The molecule has 1 saturated heterocycles. The molecule has 1 heterocycles. The predicted octanol–water partition coefficient (Wildman–Crippen LogP) is 2.79. The minimum absolute atomic E-state index is 0.00376. The third kappa shape index (κ3) is 1.97. The lowest BCUT2D eigenvalue weighted by molar-refractivity contribution is -0.255. The van der Waals surface area contributed by atoms with E-state index in [1.54, 1.807) is 0 Å². The van der Waals surface area contributed by atoms with Crippen LogP contribution in [-0.2, 0) is 20.4 Å². The van der Waals surface area contributed by atoms with Gasteiger partial charge < -0.3 is 9.90 Å². The summed E-state index contributed by atoms with van der Waals surface area (Å²) >= 11 is 0. The number of anilines is 1. The maximum absolute atomic E-state index is 13.9. The van der Waals surface area contributed by atoms with Crippen LogP contribution in [0, 0.1) is 11.8 Å². The van der Waals surface area contributed by atoms with Gasteiger partial charge in [-0.1, -0.05) is 74.5 Å². The van der Waals surface area contributed by atoms with E-state index in [-0.39, 0.29) is 17.4 Å². The molecule has 2 atom stereocenters. The Labute approximate surface area is 185 Å². The van der Waals surface area contributed by atoms with Gasteiger partial charge >= 0.3 is 0 Å². The molecule has 3 aromatic rings. The summed E-state index contributed by atoms with van der Waals surface area (Å²) in [6.07, 6.45) is 0. The van der Waals surface area contributed by atoms with Gasteiger partial charge in [0.2, 0.25) is 11.8 Å². The van der Waals surface area contributed by atoms with E-state index in [1.165, 1.54) is 29.2 Å². The van der Waals surface area contributed by atoms with Crippen molar-refractivity contribution in [2.75, 3.05) is 4.90 Å². The summed E-state index contributed by atoms with van der Waals surface area (Å²) in [4.78, 5) is 40.2. The second-order valence-electron chi connectivity index (χ2n) is 9.30. The van der Waals surface area contributed by atoms with E-state index in [4.69, 9.17) is 0 Å². The molecule has 0 spiro atoms. The largest absolute Gasteiger partial charge is 0.545 e. The van der Waals surface area contributed by atoms with Crippen LogP contribution < -0.4 is 10.0 Å². The van der Waals surface area contributed by atoms with Crippen molar-refractivity contribution in [3.05, 3.63) is 101 Å². The molecular formula is C27H20NO4-. The number of imide groups is 1. The van der Waals surface area contributed by atoms with Crippen molar-refractivity contribution in [2.24, 2.45) is 11.8 Å². The van der Waals surface area contributed by atoms with E-state index in [9.17, 15) is 19.5 Å². The molecule has 32 heavy (non-hydrogen) atoms. The van der Waals surface area contributed by atoms with E-state index in [0.717, 1.165) is 22.3 Å². The highest BCUT2D eigenvalue weighted by Gasteiger charge is 2.70. The van der Waals surface area contributed by atoms with Crippen molar-refractivity contribution in [3.8, 4) is 0 Å². The first kappa shape index (κ1) is 19.0. The molecule has 3 aromatic carbocycles. The maximum Gasteiger partial charge on any atom is 0.238 e. The number of carboxylic acid groups (broad SMARTS) is 1. The van der Waals surface area contributed by atoms with Crippen molar-refractivity contribution in [1.82, 2.24) is 0 Å². The van der Waals surface area contributed by atoms with Gasteiger partial charge in [0, 0.05) is 10.8 Å². The summed E-state index contributed by atoms with van der Waals surface area (Å²) in [5, 5.41) is 11.1. The lowest BCUT2D eigenvalue weighted by atomic mass is 9.42. The second kappa shape index (κ2) is 5.94. The van der Waals surface area contributed by atoms with Gasteiger partial charge in [-0.05, 0) is 39.9 Å². The first-order valence-electron chi connectivity index (χ1n) is 10.7. The predicted molar refractivity (Wildman–Crippen MR) is 116 cm³/mol. The van der Waals surface area contributed by atoms with Gasteiger partial charge in [0.25, 0.3) is 0 Å². The molecule has 0 radical (unpaired) electrons. The standard InChI is InChI=1S/C27H21NO4/c1-26-17-7-3-5-9-19(17)27(2,20-10-6-4-8-18(20)26)22-21(26)23(29)28(24(22)30)16-13-11-15(12-14-16)25(31)32/h3-14,21-22H,1-2H3,(H,31,32)/p-1. The Morgan fingerprint density at radius 3 is 1.44 bits per heavy atom. The zero-order valence-electron chi connectivity index (χ0n) is 17.7. The molecule has 1 fully saturated rings. The van der Waals surface area contributed by atoms with Crippen molar-refractivity contribution in [1.29, 1.82) is 0 Å². The highest BCUT2D eigenvalue weighted by Crippen LogP contribution is 2.66. The molecule has 0 saturated carbocycles. The van der Waals surface area contributed by atoms with Crippen LogP contribution in [0.3, 0.4) is 0 Å². The molecule has 2 unspecified atom stereocenters. The van der Waals surface area contributed by atoms with Crippen molar-refractivity contribution in [3.63, 3.8) is 0 Å². The molecule has 5 nitrogen and oxygen atoms in total. The fourth-order valence-corrected chi connectivity index (χ4v) is 6.57. The van der Waals surface area contributed by atoms with Crippen LogP contribution >= 0.6 is 0 Å². The van der Waals surface area contributed by atoms with Gasteiger partial charge in [0.1, 0.15) is 0 Å². The van der Waals surface area contributed by atoms with Crippen molar-refractivity contribution in [2.45, 2.75) is 24.7 Å². The number of amides is 2. The quantitative estimate of drug-likeness (QED) is 0.595. The van der Waals surface area contributed by atoms with Gasteiger partial charge in [0.15, 0.2) is 0 Å². The van der Waals surface area contributed by atoms with Crippen LogP contribution in [0.15, 0.2) is 72.8 Å². The first-order chi connectivity index (χ1) is 15.3. The van der Waals surface area contributed by atoms with Crippen LogP contribution in [0.5, 0.6) is 0 Å². The Morgan fingerprint density at radius 2 is 1.09 bits per heavy atom. The molecule has 7 rings (SSSR count). The molecule has 3 aliphatic carbocycles. The fraction of sp³-hybridized carbons (Fsp3) is 0.222. The smallest absolute Gasteiger partial charge is 0.238 e. The molecule has 2 amide bonds. The Morgan fingerprint density at radius 1 is 0.719 bits per heavy atom. The summed E-state index contributed by atoms with van der Waals surface area (Å²) in [6.45, 7) is 4.16. The Balaban J connectivity index is 1.60. The average Bonchev–Trinajstić information content (AvgIpc) is 3.08. The van der Waals surface area contributed by atoms with Crippen molar-refractivity contribution >= 4 is 23.5 Å². The molecule has 0 aromatic heterocycles. The van der Waals surface area contributed by atoms with E-state index in [2.05, 4.69) is 38.1 Å². The fourth-order valence-electron chi connectivity index (χ4n) is 6.57. The molecule has 1 aliphatic heterocycles. The summed E-state index contributed by atoms with van der Waals surface area (Å²) in [7, 11) is 0. The highest BCUT2D eigenvalue weighted by atomic mass is 16.4. The number of benzene rings is 3. The minimum atomic E-state index is -1.30. The summed E-state index contributed by atoms with van der Waals surface area (Å²) in [5.41, 5.74) is 3.50. The lowest BCUT2D eigenvalue weighted by Gasteiger charge is -2.57. The van der Waals surface area contributed by atoms with E-state index in [1.807, 2.05) is 24.3 Å². The summed E-state index contributed by atoms with van der Waals surface area (Å²) in [6, 6.07) is 22.0. The van der Waals surface area contributed by atoms with E-state index >= 15 is 0 Å². The van der Waals surface area contributed by atoms with Gasteiger partial charge in [-0.3, -0.25) is 9.59 Å². The number of carbonyl (C=O) groups excluding carboxylic acids is 3. The Hall–Kier alpha value is -3.73. The van der Waals surface area contributed by atoms with Crippen LogP contribution in [0.25, 0.3) is 0 Å². The van der Waals surface area contributed by atoms with E-state index < -0.39 is 28.6 Å². The average molecular weight is 422 g/mol. The zero-order chi connectivity index (χ0) is 22.4. The number of hydrogen-bond acceptors (Lipinski definition) is 4. The lowest BCUT2D eigenvalue weighted by Crippen LogP contribution is -2.59. The van der Waals surface area contributed by atoms with Crippen LogP contribution in [0.4, 0.5) is 5.69 Å². The van der Waals surface area contributed by atoms with Gasteiger partial charge in [-0.15, -0.1) is 0 Å². The van der Waals surface area contributed by atoms with Crippen LogP contribution in [0.1, 0.15) is 46.5 Å². The SMILES string of the molecule is CC12c3ccccc3C(C)(c3ccccc31)C1C(=O)N(c3ccc(C(=O)[O-])cc3)C(=O)C12. The molecule has 0 N–H and O–H groups in total. The van der Waals surface area contributed by atoms with Crippen molar-refractivity contribution < 1.29 is 19.5 Å². The van der Waals surface area contributed by atoms with Gasteiger partial charge in [0.05, 0.1) is 23.5 Å². The number of rotatable bonds is 2. The third-order valence-corrected chi connectivity index (χ3v) is 8.00. The molecule has 4 aliphatic rings. The molecular weight excluding hydrogens is 402 g/mol. The first-order valence-corrected chi connectivity index (χ1v) is 10.7. The topological polar surface area (TPSA) is 77.5 Å². The number of hydrogen-bond donors (Lipinski definition) is 0. The second-order valence-corrected chi connectivity index (χ2v) is 9.30. The maximum atomic E-state index is 13.9. The van der Waals surface area contributed by atoms with Crippen LogP contribution in [-0.4, -0.2) is 17.8 Å². The number of nitrogens with zero attached hydrogens (tertiary/aromatic N) is 1. The Kier molecular flexibility index (Phi) is 3.53. The highest BCUT2D eigenvalue weighted by molar-refractivity contribution is 6.24. The summed E-state index contributed by atoms with van der Waals surface area (Å²) < 4.78 is 0. The number of aromatic carboxylic acids is 1. The number of carboxylic acids is 1. The third-order valence-electron chi connectivity index (χ3n) is 8.00. The minimum Gasteiger partial charge on any atom is -0.545 e. The van der Waals surface area contributed by atoms with Gasteiger partial charge in [-0.2, -0.15) is 0 Å². The molecule has 2 bridgehead atoms. The normalized spacial score (nSPS) is 29.5. The molecule has 5 heteroatoms. The summed E-state index contributed by atoms with van der Waals surface area (Å²) in [5.74, 6) is -2.85. The van der Waals surface area contributed by atoms with Crippen LogP contribution in [0.2, 0.25) is 0 Å². The van der Waals surface area contributed by atoms with Gasteiger partial charge in [-0.25, -0.2) is 4.90 Å². The number of carbonyl (C=O) groups is 3. The van der Waals surface area contributed by atoms with E-state index in [0.29, 0.717) is 5.69 Å². The monoisotopic (exact) mass is 422 g/mol. The Bertz CT molecular complexity index is 1220. The zero-order valence-corrected chi connectivity index (χ0v) is 17.7.